The van der Waals surface area contributed by atoms with Crippen LogP contribution in [-0.4, -0.2) is 57.6 Å². The normalized spacial score (nSPS) is 12.2. The van der Waals surface area contributed by atoms with E-state index < -0.39 is 22.0 Å². The van der Waals surface area contributed by atoms with Crippen LogP contribution >= 0.6 is 0 Å². The molecule has 8 heteroatoms. The number of likely N-dealkylation sites (N-methyl/N-ethyl adjacent to an activating group) is 1. The number of carbonyl (C=O) groups is 2. The zero-order valence-electron chi connectivity index (χ0n) is 18.8. The van der Waals surface area contributed by atoms with Crippen molar-refractivity contribution in [2.45, 2.75) is 33.2 Å². The Hall–Kier alpha value is -2.87. The van der Waals surface area contributed by atoms with Crippen LogP contribution in [0.15, 0.2) is 48.5 Å². The summed E-state index contributed by atoms with van der Waals surface area (Å²) in [6.45, 7) is 5.23. The van der Waals surface area contributed by atoms with E-state index in [-0.39, 0.29) is 12.5 Å². The molecule has 2 aromatic rings. The first-order valence-electron chi connectivity index (χ1n) is 10.1. The number of aryl methyl sites for hydroxylation is 2. The summed E-state index contributed by atoms with van der Waals surface area (Å²) in [5, 5.41) is 2.57. The third-order valence-electron chi connectivity index (χ3n) is 5.21. The van der Waals surface area contributed by atoms with Crippen LogP contribution in [0.5, 0.6) is 0 Å². The van der Waals surface area contributed by atoms with Gasteiger partial charge in [-0.05, 0) is 49.9 Å². The highest BCUT2D eigenvalue weighted by Gasteiger charge is 2.29. The van der Waals surface area contributed by atoms with Crippen LogP contribution in [0.1, 0.15) is 23.6 Å². The van der Waals surface area contributed by atoms with Gasteiger partial charge in [0.2, 0.25) is 21.8 Å². The zero-order valence-corrected chi connectivity index (χ0v) is 19.6. The standard InChI is InChI=1S/C23H31N3O4S/c1-17-11-12-18(2)21(15-17)26(31(5,29)30)16-22(27)25(19(3)23(28)24-4)14-13-20-9-7-6-8-10-20/h6-12,15,19H,13-14,16H2,1-5H3,(H,24,28)/t19-/m1/s1. The summed E-state index contributed by atoms with van der Waals surface area (Å²) in [5.74, 6) is -0.739. The van der Waals surface area contributed by atoms with Crippen molar-refractivity contribution in [1.29, 1.82) is 0 Å². The summed E-state index contributed by atoms with van der Waals surface area (Å²) < 4.78 is 26.3. The Kier molecular flexibility index (Phi) is 8.21. The Balaban J connectivity index is 2.34. The molecule has 1 N–H and O–H groups in total. The highest BCUT2D eigenvalue weighted by Crippen LogP contribution is 2.24. The van der Waals surface area contributed by atoms with Gasteiger partial charge >= 0.3 is 0 Å². The highest BCUT2D eigenvalue weighted by molar-refractivity contribution is 7.92. The summed E-state index contributed by atoms with van der Waals surface area (Å²) >= 11 is 0. The van der Waals surface area contributed by atoms with Crippen LogP contribution in [0.2, 0.25) is 0 Å². The van der Waals surface area contributed by atoms with Gasteiger partial charge in [-0.25, -0.2) is 8.42 Å². The molecule has 0 fully saturated rings. The average Bonchev–Trinajstić information content (AvgIpc) is 2.73. The van der Waals surface area contributed by atoms with Gasteiger partial charge in [0.25, 0.3) is 0 Å². The molecule has 2 amide bonds. The minimum Gasteiger partial charge on any atom is -0.357 e. The van der Waals surface area contributed by atoms with Gasteiger partial charge in [0.1, 0.15) is 12.6 Å². The van der Waals surface area contributed by atoms with Gasteiger partial charge in [-0.15, -0.1) is 0 Å². The van der Waals surface area contributed by atoms with Gasteiger partial charge in [-0.3, -0.25) is 13.9 Å². The molecular formula is C23H31N3O4S. The first kappa shape index (κ1) is 24.4. The quantitative estimate of drug-likeness (QED) is 0.642. The minimum absolute atomic E-state index is 0.293. The van der Waals surface area contributed by atoms with Gasteiger partial charge in [0.05, 0.1) is 11.9 Å². The predicted molar refractivity (Wildman–Crippen MR) is 123 cm³/mol. The molecule has 0 aliphatic carbocycles. The summed E-state index contributed by atoms with van der Waals surface area (Å²) in [6.07, 6.45) is 1.63. The molecule has 2 rings (SSSR count). The molecule has 2 aromatic carbocycles. The number of hydrogen-bond donors (Lipinski definition) is 1. The Bertz CT molecular complexity index is 1020. The van der Waals surface area contributed by atoms with Crippen LogP contribution < -0.4 is 9.62 Å². The lowest BCUT2D eigenvalue weighted by molar-refractivity contribution is -0.138. The van der Waals surface area contributed by atoms with Crippen LogP contribution in [0.25, 0.3) is 0 Å². The fourth-order valence-electron chi connectivity index (χ4n) is 3.36. The van der Waals surface area contributed by atoms with Crippen LogP contribution in [-0.2, 0) is 26.0 Å². The second-order valence-corrected chi connectivity index (χ2v) is 9.58. The number of rotatable bonds is 9. The molecule has 0 bridgehead atoms. The van der Waals surface area contributed by atoms with E-state index in [1.807, 2.05) is 49.4 Å². The van der Waals surface area contributed by atoms with E-state index in [0.717, 1.165) is 27.3 Å². The summed E-state index contributed by atoms with van der Waals surface area (Å²) in [4.78, 5) is 27.0. The fraction of sp³-hybridized carbons (Fsp3) is 0.391. The van der Waals surface area contributed by atoms with Crippen molar-refractivity contribution in [2.75, 3.05) is 30.7 Å². The lowest BCUT2D eigenvalue weighted by Crippen LogP contribution is -2.51. The molecule has 0 saturated carbocycles. The van der Waals surface area contributed by atoms with E-state index in [1.165, 1.54) is 11.9 Å². The first-order valence-corrected chi connectivity index (χ1v) is 12.0. The number of nitrogens with one attached hydrogen (secondary N) is 1. The maximum Gasteiger partial charge on any atom is 0.244 e. The number of anilines is 1. The second-order valence-electron chi connectivity index (χ2n) is 7.67. The molecule has 0 aliphatic heterocycles. The number of sulfonamides is 1. The van der Waals surface area contributed by atoms with Crippen molar-refractivity contribution in [1.82, 2.24) is 10.2 Å². The lowest BCUT2D eigenvalue weighted by Gasteiger charge is -2.31. The molecule has 0 unspecified atom stereocenters. The third kappa shape index (κ3) is 6.55. The first-order chi connectivity index (χ1) is 14.5. The summed E-state index contributed by atoms with van der Waals surface area (Å²) in [6, 6.07) is 14.4. The van der Waals surface area contributed by atoms with Gasteiger partial charge in [0, 0.05) is 13.6 Å². The van der Waals surface area contributed by atoms with Gasteiger partial charge < -0.3 is 10.2 Å². The molecule has 0 heterocycles. The highest BCUT2D eigenvalue weighted by atomic mass is 32.2. The number of benzene rings is 2. The van der Waals surface area contributed by atoms with Gasteiger partial charge in [0.15, 0.2) is 0 Å². The van der Waals surface area contributed by atoms with Crippen molar-refractivity contribution in [3.05, 3.63) is 65.2 Å². The van der Waals surface area contributed by atoms with Crippen molar-refractivity contribution < 1.29 is 18.0 Å². The molecule has 0 spiro atoms. The Morgan fingerprint density at radius 3 is 2.29 bits per heavy atom. The molecule has 7 nitrogen and oxygen atoms in total. The van der Waals surface area contributed by atoms with E-state index in [1.54, 1.807) is 19.9 Å². The fourth-order valence-corrected chi connectivity index (χ4v) is 4.26. The number of nitrogens with zero attached hydrogens (tertiary/aromatic N) is 2. The average molecular weight is 446 g/mol. The van der Waals surface area contributed by atoms with E-state index in [4.69, 9.17) is 0 Å². The lowest BCUT2D eigenvalue weighted by atomic mass is 10.1. The predicted octanol–water partition coefficient (Wildman–Crippen LogP) is 2.28. The third-order valence-corrected chi connectivity index (χ3v) is 6.34. The molecular weight excluding hydrogens is 414 g/mol. The molecule has 0 radical (unpaired) electrons. The smallest absolute Gasteiger partial charge is 0.244 e. The minimum atomic E-state index is -3.72. The van der Waals surface area contributed by atoms with Crippen molar-refractivity contribution in [3.63, 3.8) is 0 Å². The molecule has 0 aliphatic rings. The Morgan fingerprint density at radius 2 is 1.71 bits per heavy atom. The summed E-state index contributed by atoms with van der Waals surface area (Å²) in [5.41, 5.74) is 3.13. The van der Waals surface area contributed by atoms with Gasteiger partial charge in [-0.1, -0.05) is 42.5 Å². The monoisotopic (exact) mass is 445 g/mol. The maximum absolute atomic E-state index is 13.3. The van der Waals surface area contributed by atoms with E-state index in [0.29, 0.717) is 18.7 Å². The molecule has 31 heavy (non-hydrogen) atoms. The Labute approximate surface area is 185 Å². The number of amides is 2. The van der Waals surface area contributed by atoms with Crippen LogP contribution in [0.4, 0.5) is 5.69 Å². The molecule has 0 saturated heterocycles. The molecule has 1 atom stereocenters. The summed E-state index contributed by atoms with van der Waals surface area (Å²) in [7, 11) is -2.21. The topological polar surface area (TPSA) is 86.8 Å². The SMILES string of the molecule is CNC(=O)[C@@H](C)N(CCc1ccccc1)C(=O)CN(c1cc(C)ccc1C)S(C)(=O)=O. The number of carbonyl (C=O) groups excluding carboxylic acids is 2. The van der Waals surface area contributed by atoms with Crippen molar-refractivity contribution in [2.24, 2.45) is 0 Å². The maximum atomic E-state index is 13.3. The van der Waals surface area contributed by atoms with E-state index in [2.05, 4.69) is 5.32 Å². The van der Waals surface area contributed by atoms with Crippen LogP contribution in [0.3, 0.4) is 0 Å². The largest absolute Gasteiger partial charge is 0.357 e. The van der Waals surface area contributed by atoms with Gasteiger partial charge in [-0.2, -0.15) is 0 Å². The zero-order chi connectivity index (χ0) is 23.2. The van der Waals surface area contributed by atoms with Crippen LogP contribution in [0, 0.1) is 13.8 Å². The molecule has 0 aromatic heterocycles. The van der Waals surface area contributed by atoms with Crippen molar-refractivity contribution >= 4 is 27.5 Å². The Morgan fingerprint density at radius 1 is 1.06 bits per heavy atom. The van der Waals surface area contributed by atoms with E-state index in [9.17, 15) is 18.0 Å². The van der Waals surface area contributed by atoms with E-state index >= 15 is 0 Å². The number of hydrogen-bond acceptors (Lipinski definition) is 4. The van der Waals surface area contributed by atoms with Crippen molar-refractivity contribution in [3.8, 4) is 0 Å². The second kappa shape index (κ2) is 10.4. The molecule has 168 valence electrons.